The monoisotopic (exact) mass is 771 g/mol. The molecule has 0 saturated heterocycles. The van der Waals surface area contributed by atoms with E-state index in [1.54, 1.807) is 0 Å². The molecule has 0 N–H and O–H groups in total. The van der Waals surface area contributed by atoms with Gasteiger partial charge >= 0.3 is 0 Å². The lowest BCUT2D eigenvalue weighted by molar-refractivity contribution is 0.660. The van der Waals surface area contributed by atoms with Crippen LogP contribution in [-0.2, 0) is 5.41 Å². The third-order valence-corrected chi connectivity index (χ3v) is 13.5. The number of hydrogen-bond acceptors (Lipinski definition) is 2. The molecule has 0 radical (unpaired) electrons. The number of thiophene rings is 1. The quantitative estimate of drug-likeness (QED) is 0.156. The van der Waals surface area contributed by atoms with Crippen molar-refractivity contribution in [2.45, 2.75) is 19.3 Å². The van der Waals surface area contributed by atoms with Crippen LogP contribution in [0.5, 0.6) is 0 Å². The zero-order chi connectivity index (χ0) is 39.5. The minimum Gasteiger partial charge on any atom is -0.309 e. The molecule has 9 aromatic carbocycles. The Morgan fingerprint density at radius 3 is 1.56 bits per heavy atom. The van der Waals surface area contributed by atoms with E-state index in [-0.39, 0.29) is 5.41 Å². The van der Waals surface area contributed by atoms with Gasteiger partial charge in [0, 0.05) is 42.3 Å². The lowest BCUT2D eigenvalue weighted by atomic mass is 9.82. The Bertz CT molecular complexity index is 3190. The van der Waals surface area contributed by atoms with Gasteiger partial charge in [-0.25, -0.2) is 0 Å². The molecule has 0 fully saturated rings. The summed E-state index contributed by atoms with van der Waals surface area (Å²) in [4.78, 5) is 2.53. The van der Waals surface area contributed by atoms with Crippen LogP contribution in [-0.4, -0.2) is 0 Å². The van der Waals surface area contributed by atoms with E-state index in [4.69, 9.17) is 0 Å². The number of para-hydroxylation sites is 3. The zero-order valence-electron chi connectivity index (χ0n) is 33.1. The van der Waals surface area contributed by atoms with Crippen molar-refractivity contribution in [3.8, 4) is 55.6 Å². The van der Waals surface area contributed by atoms with Crippen LogP contribution in [0.3, 0.4) is 0 Å². The fourth-order valence-corrected chi connectivity index (χ4v) is 10.7. The van der Waals surface area contributed by atoms with Gasteiger partial charge in [-0.05, 0) is 80.4 Å². The molecule has 0 saturated carbocycles. The Kier molecular flexibility index (Phi) is 8.43. The fourth-order valence-electron chi connectivity index (χ4n) is 9.55. The SMILES string of the molecule is CC1(C)c2ccccc2-c2c(-c3ccccc3N(c3ccccc3-c3ccc(-c4ccccc4)cc3)c3ccccc3-c3cccc4sc5ccccc5c34)cccc21. The smallest absolute Gasteiger partial charge is 0.0540 e. The highest BCUT2D eigenvalue weighted by Crippen LogP contribution is 2.55. The Hall–Kier alpha value is -7.00. The number of benzene rings is 9. The third-order valence-electron chi connectivity index (χ3n) is 12.3. The summed E-state index contributed by atoms with van der Waals surface area (Å²) >= 11 is 1.87. The topological polar surface area (TPSA) is 3.24 Å². The van der Waals surface area contributed by atoms with Crippen LogP contribution in [0.15, 0.2) is 212 Å². The lowest BCUT2D eigenvalue weighted by Gasteiger charge is -2.32. The molecule has 0 aliphatic heterocycles. The average molecular weight is 772 g/mol. The molecular weight excluding hydrogens is 731 g/mol. The highest BCUT2D eigenvalue weighted by atomic mass is 32.1. The predicted molar refractivity (Wildman–Crippen MR) is 253 cm³/mol. The summed E-state index contributed by atoms with van der Waals surface area (Å²) in [5, 5.41) is 2.60. The van der Waals surface area contributed by atoms with Crippen LogP contribution >= 0.6 is 11.3 Å². The first-order valence-electron chi connectivity index (χ1n) is 20.4. The maximum atomic E-state index is 2.53. The van der Waals surface area contributed by atoms with Crippen molar-refractivity contribution >= 4 is 48.6 Å². The molecule has 0 bridgehead atoms. The van der Waals surface area contributed by atoms with Gasteiger partial charge in [0.2, 0.25) is 0 Å². The molecule has 1 aromatic heterocycles. The molecular formula is C57H41NS. The largest absolute Gasteiger partial charge is 0.309 e. The summed E-state index contributed by atoms with van der Waals surface area (Å²) < 4.78 is 2.60. The van der Waals surface area contributed by atoms with Gasteiger partial charge in [-0.2, -0.15) is 0 Å². The minimum atomic E-state index is -0.107. The van der Waals surface area contributed by atoms with Gasteiger partial charge in [-0.3, -0.25) is 0 Å². The van der Waals surface area contributed by atoms with Crippen molar-refractivity contribution in [1.82, 2.24) is 0 Å². The van der Waals surface area contributed by atoms with Crippen molar-refractivity contribution in [2.24, 2.45) is 0 Å². The minimum absolute atomic E-state index is 0.107. The molecule has 1 heterocycles. The van der Waals surface area contributed by atoms with Crippen molar-refractivity contribution < 1.29 is 0 Å². The maximum absolute atomic E-state index is 2.53. The Morgan fingerprint density at radius 2 is 0.814 bits per heavy atom. The Balaban J connectivity index is 1.18. The maximum Gasteiger partial charge on any atom is 0.0540 e. The molecule has 1 nitrogen and oxygen atoms in total. The van der Waals surface area contributed by atoms with Crippen LogP contribution in [0.4, 0.5) is 17.1 Å². The zero-order valence-corrected chi connectivity index (χ0v) is 33.9. The van der Waals surface area contributed by atoms with E-state index < -0.39 is 0 Å². The molecule has 59 heavy (non-hydrogen) atoms. The van der Waals surface area contributed by atoms with E-state index in [2.05, 4.69) is 231 Å². The molecule has 280 valence electrons. The fraction of sp³-hybridized carbons (Fsp3) is 0.0526. The van der Waals surface area contributed by atoms with Gasteiger partial charge in [-0.15, -0.1) is 11.3 Å². The summed E-state index contributed by atoms with van der Waals surface area (Å²) in [5.41, 5.74) is 18.3. The van der Waals surface area contributed by atoms with Gasteiger partial charge < -0.3 is 4.90 Å². The Labute approximate surface area is 350 Å². The first-order chi connectivity index (χ1) is 29.1. The second-order valence-electron chi connectivity index (χ2n) is 16.0. The highest BCUT2D eigenvalue weighted by Gasteiger charge is 2.37. The number of nitrogens with zero attached hydrogens (tertiary/aromatic N) is 1. The molecule has 1 aliphatic carbocycles. The van der Waals surface area contributed by atoms with E-state index >= 15 is 0 Å². The molecule has 2 heteroatoms. The van der Waals surface area contributed by atoms with Crippen LogP contribution in [0.25, 0.3) is 75.8 Å². The first kappa shape index (κ1) is 35.2. The van der Waals surface area contributed by atoms with Crippen LogP contribution in [0.2, 0.25) is 0 Å². The van der Waals surface area contributed by atoms with Crippen molar-refractivity contribution in [2.75, 3.05) is 4.90 Å². The lowest BCUT2D eigenvalue weighted by Crippen LogP contribution is -2.15. The van der Waals surface area contributed by atoms with E-state index in [0.717, 1.165) is 17.1 Å². The molecule has 0 unspecified atom stereocenters. The van der Waals surface area contributed by atoms with Gasteiger partial charge in [0.25, 0.3) is 0 Å². The summed E-state index contributed by atoms with van der Waals surface area (Å²) in [6.07, 6.45) is 0. The van der Waals surface area contributed by atoms with E-state index in [1.807, 2.05) is 11.3 Å². The van der Waals surface area contributed by atoms with E-state index in [0.29, 0.717) is 0 Å². The normalized spacial score (nSPS) is 12.7. The average Bonchev–Trinajstić information content (AvgIpc) is 3.80. The summed E-state index contributed by atoms with van der Waals surface area (Å²) in [6, 6.07) is 78.1. The number of fused-ring (bicyclic) bond motifs is 6. The van der Waals surface area contributed by atoms with Crippen LogP contribution in [0, 0.1) is 0 Å². The third kappa shape index (κ3) is 5.74. The summed E-state index contributed by atoms with van der Waals surface area (Å²) in [6.45, 7) is 4.73. The Morgan fingerprint density at radius 1 is 0.339 bits per heavy atom. The standard InChI is InChI=1S/C57H41NS/c1-57(2)48-27-11-6-23-46(48)55-44(25-16-28-49(55)57)42-21-8-13-30-51(42)58(50-29-12-7-20-41(50)40-36-34-39(35-37-40)38-18-4-3-5-19-38)52-31-14-9-22-43(52)45-26-17-33-54-56(45)47-24-10-15-32-53(47)59-54/h3-37H,1-2H3. The van der Waals surface area contributed by atoms with E-state index in [9.17, 15) is 0 Å². The molecule has 1 aliphatic rings. The highest BCUT2D eigenvalue weighted by molar-refractivity contribution is 7.25. The molecule has 0 atom stereocenters. The number of hydrogen-bond donors (Lipinski definition) is 0. The van der Waals surface area contributed by atoms with Crippen molar-refractivity contribution in [1.29, 1.82) is 0 Å². The first-order valence-corrected chi connectivity index (χ1v) is 21.3. The van der Waals surface area contributed by atoms with Gasteiger partial charge in [0.1, 0.15) is 0 Å². The molecule has 0 spiro atoms. The molecule has 11 rings (SSSR count). The van der Waals surface area contributed by atoms with E-state index in [1.165, 1.54) is 86.9 Å². The number of rotatable bonds is 7. The van der Waals surface area contributed by atoms with Crippen LogP contribution < -0.4 is 4.90 Å². The summed E-state index contributed by atoms with van der Waals surface area (Å²) in [7, 11) is 0. The van der Waals surface area contributed by atoms with Crippen molar-refractivity contribution in [3.63, 3.8) is 0 Å². The second-order valence-corrected chi connectivity index (χ2v) is 17.1. The number of anilines is 3. The second kappa shape index (κ2) is 14.1. The molecule has 0 amide bonds. The van der Waals surface area contributed by atoms with Gasteiger partial charge in [0.05, 0.1) is 17.1 Å². The predicted octanol–water partition coefficient (Wildman–Crippen LogP) is 16.5. The molecule has 10 aromatic rings. The van der Waals surface area contributed by atoms with Crippen molar-refractivity contribution in [3.05, 3.63) is 223 Å². The van der Waals surface area contributed by atoms with Gasteiger partial charge in [0.15, 0.2) is 0 Å². The summed E-state index contributed by atoms with van der Waals surface area (Å²) in [5.74, 6) is 0. The van der Waals surface area contributed by atoms with Gasteiger partial charge in [-0.1, -0.05) is 196 Å². The van der Waals surface area contributed by atoms with Crippen LogP contribution in [0.1, 0.15) is 25.0 Å².